The summed E-state index contributed by atoms with van der Waals surface area (Å²) >= 11 is 5.48. The monoisotopic (exact) mass is 239 g/mol. The van der Waals surface area contributed by atoms with Crippen molar-refractivity contribution in [1.29, 1.82) is 0 Å². The van der Waals surface area contributed by atoms with Crippen LogP contribution >= 0.6 is 11.6 Å². The number of nitrogens with zero attached hydrogens (tertiary/aromatic N) is 1. The summed E-state index contributed by atoms with van der Waals surface area (Å²) < 4.78 is 37.1. The summed E-state index contributed by atoms with van der Waals surface area (Å²) in [6, 6.07) is 1.12. The number of hydrogen-bond donors (Lipinski definition) is 1. The van der Waals surface area contributed by atoms with Crippen molar-refractivity contribution in [2.24, 2.45) is 0 Å². The average Bonchev–Trinajstić information content (AvgIpc) is 2.05. The molecular formula is C8H5ClF3NO2. The van der Waals surface area contributed by atoms with Gasteiger partial charge in [0.2, 0.25) is 0 Å². The number of carboxylic acid groups (broad SMARTS) is 1. The van der Waals surface area contributed by atoms with Gasteiger partial charge in [-0.3, -0.25) is 9.78 Å². The van der Waals surface area contributed by atoms with Crippen molar-refractivity contribution in [3.05, 3.63) is 28.5 Å². The number of carboxylic acids is 1. The third-order valence-electron chi connectivity index (χ3n) is 1.60. The SMILES string of the molecule is O=C(O)Cc1c(Cl)ccnc1C(F)(F)F. The Morgan fingerprint density at radius 1 is 1.53 bits per heavy atom. The van der Waals surface area contributed by atoms with Crippen molar-refractivity contribution in [2.75, 3.05) is 0 Å². The zero-order valence-corrected chi connectivity index (χ0v) is 7.93. The first-order chi connectivity index (χ1) is 6.82. The summed E-state index contributed by atoms with van der Waals surface area (Å²) in [7, 11) is 0. The highest BCUT2D eigenvalue weighted by molar-refractivity contribution is 6.31. The highest BCUT2D eigenvalue weighted by Crippen LogP contribution is 2.33. The van der Waals surface area contributed by atoms with Crippen LogP contribution < -0.4 is 0 Å². The lowest BCUT2D eigenvalue weighted by Crippen LogP contribution is -2.14. The van der Waals surface area contributed by atoms with Gasteiger partial charge in [-0.1, -0.05) is 11.6 Å². The molecule has 0 saturated carbocycles. The van der Waals surface area contributed by atoms with Gasteiger partial charge in [0.25, 0.3) is 0 Å². The van der Waals surface area contributed by atoms with Crippen molar-refractivity contribution in [1.82, 2.24) is 4.98 Å². The maximum atomic E-state index is 12.4. The third kappa shape index (κ3) is 2.82. The van der Waals surface area contributed by atoms with E-state index in [1.54, 1.807) is 0 Å². The first kappa shape index (κ1) is 11.8. The van der Waals surface area contributed by atoms with Crippen LogP contribution in [-0.4, -0.2) is 16.1 Å². The largest absolute Gasteiger partial charge is 0.481 e. The molecule has 0 radical (unpaired) electrons. The lowest BCUT2D eigenvalue weighted by molar-refractivity contribution is -0.142. The number of hydrogen-bond acceptors (Lipinski definition) is 2. The fraction of sp³-hybridized carbons (Fsp3) is 0.250. The highest BCUT2D eigenvalue weighted by atomic mass is 35.5. The molecule has 0 atom stereocenters. The van der Waals surface area contributed by atoms with Crippen molar-refractivity contribution in [3.8, 4) is 0 Å². The first-order valence-electron chi connectivity index (χ1n) is 3.74. The first-order valence-corrected chi connectivity index (χ1v) is 4.12. The fourth-order valence-electron chi connectivity index (χ4n) is 1.03. The summed E-state index contributed by atoms with van der Waals surface area (Å²) in [4.78, 5) is 13.4. The molecule has 1 aromatic rings. The Labute approximate surface area is 87.5 Å². The van der Waals surface area contributed by atoms with Crippen LogP contribution in [-0.2, 0) is 17.4 Å². The molecule has 15 heavy (non-hydrogen) atoms. The zero-order valence-electron chi connectivity index (χ0n) is 7.18. The molecule has 0 amide bonds. The van der Waals surface area contributed by atoms with Gasteiger partial charge in [-0.05, 0) is 6.07 Å². The van der Waals surface area contributed by atoms with Gasteiger partial charge in [-0.25, -0.2) is 0 Å². The number of pyridine rings is 1. The van der Waals surface area contributed by atoms with Crippen molar-refractivity contribution in [2.45, 2.75) is 12.6 Å². The molecule has 0 saturated heterocycles. The molecule has 1 N–H and O–H groups in total. The topological polar surface area (TPSA) is 50.2 Å². The lowest BCUT2D eigenvalue weighted by Gasteiger charge is -2.11. The number of rotatable bonds is 2. The number of carbonyl (C=O) groups is 1. The van der Waals surface area contributed by atoms with E-state index in [1.165, 1.54) is 0 Å². The van der Waals surface area contributed by atoms with Gasteiger partial charge >= 0.3 is 12.1 Å². The molecule has 0 unspecified atom stereocenters. The van der Waals surface area contributed by atoms with Gasteiger partial charge in [0, 0.05) is 16.8 Å². The van der Waals surface area contributed by atoms with Crippen LogP contribution in [0.25, 0.3) is 0 Å². The Morgan fingerprint density at radius 3 is 2.60 bits per heavy atom. The van der Waals surface area contributed by atoms with Crippen LogP contribution in [0, 0.1) is 0 Å². The average molecular weight is 240 g/mol. The minimum Gasteiger partial charge on any atom is -0.481 e. The van der Waals surface area contributed by atoms with Crippen LogP contribution in [0.15, 0.2) is 12.3 Å². The molecule has 0 aromatic carbocycles. The second-order valence-electron chi connectivity index (χ2n) is 2.69. The van der Waals surface area contributed by atoms with Gasteiger partial charge in [0.1, 0.15) is 5.69 Å². The molecular weight excluding hydrogens is 235 g/mol. The molecule has 1 rings (SSSR count). The molecule has 0 aliphatic carbocycles. The van der Waals surface area contributed by atoms with E-state index in [9.17, 15) is 18.0 Å². The summed E-state index contributed by atoms with van der Waals surface area (Å²) in [6.07, 6.45) is -4.62. The minimum absolute atomic E-state index is 0.250. The zero-order chi connectivity index (χ0) is 11.6. The number of aromatic nitrogens is 1. The predicted octanol–water partition coefficient (Wildman–Crippen LogP) is 2.38. The fourth-order valence-corrected chi connectivity index (χ4v) is 1.25. The molecule has 1 heterocycles. The summed E-state index contributed by atoms with van der Waals surface area (Å²) in [5.41, 5.74) is -1.77. The minimum atomic E-state index is -4.70. The van der Waals surface area contributed by atoms with Gasteiger partial charge < -0.3 is 5.11 Å². The van der Waals surface area contributed by atoms with E-state index in [-0.39, 0.29) is 5.02 Å². The maximum absolute atomic E-state index is 12.4. The molecule has 0 fully saturated rings. The van der Waals surface area contributed by atoms with Gasteiger partial charge in [0.15, 0.2) is 0 Å². The Morgan fingerprint density at radius 2 is 2.13 bits per heavy atom. The van der Waals surface area contributed by atoms with Gasteiger partial charge in [-0.2, -0.15) is 13.2 Å². The molecule has 82 valence electrons. The maximum Gasteiger partial charge on any atom is 0.433 e. The standard InChI is InChI=1S/C8H5ClF3NO2/c9-5-1-2-13-7(8(10,11)12)4(5)3-6(14)15/h1-2H,3H2,(H,14,15). The molecule has 1 aromatic heterocycles. The summed E-state index contributed by atoms with van der Waals surface area (Å²) in [5, 5.41) is 8.18. The Kier molecular flexibility index (Phi) is 3.18. The Hall–Kier alpha value is -1.30. The second-order valence-corrected chi connectivity index (χ2v) is 3.10. The van der Waals surface area contributed by atoms with Crippen LogP contribution in [0.2, 0.25) is 5.02 Å². The van der Waals surface area contributed by atoms with Crippen molar-refractivity contribution in [3.63, 3.8) is 0 Å². The third-order valence-corrected chi connectivity index (χ3v) is 1.95. The van der Waals surface area contributed by atoms with E-state index in [0.29, 0.717) is 0 Å². The summed E-state index contributed by atoms with van der Waals surface area (Å²) in [5.74, 6) is -1.39. The molecule has 3 nitrogen and oxygen atoms in total. The highest BCUT2D eigenvalue weighted by Gasteiger charge is 2.36. The Bertz CT molecular complexity index is 392. The second kappa shape index (κ2) is 4.06. The van der Waals surface area contributed by atoms with E-state index < -0.39 is 29.8 Å². The van der Waals surface area contributed by atoms with E-state index >= 15 is 0 Å². The van der Waals surface area contributed by atoms with E-state index in [2.05, 4.69) is 4.98 Å². The lowest BCUT2D eigenvalue weighted by atomic mass is 10.1. The smallest absolute Gasteiger partial charge is 0.433 e. The van der Waals surface area contributed by atoms with Crippen LogP contribution in [0.1, 0.15) is 11.3 Å². The normalized spacial score (nSPS) is 11.5. The predicted molar refractivity (Wildman–Crippen MR) is 45.6 cm³/mol. The van der Waals surface area contributed by atoms with Crippen LogP contribution in [0.3, 0.4) is 0 Å². The van der Waals surface area contributed by atoms with E-state index in [0.717, 1.165) is 12.3 Å². The molecule has 0 bridgehead atoms. The van der Waals surface area contributed by atoms with E-state index in [4.69, 9.17) is 16.7 Å². The van der Waals surface area contributed by atoms with Crippen LogP contribution in [0.4, 0.5) is 13.2 Å². The van der Waals surface area contributed by atoms with Gasteiger partial charge in [-0.15, -0.1) is 0 Å². The van der Waals surface area contributed by atoms with Crippen molar-refractivity contribution < 1.29 is 23.1 Å². The quantitative estimate of drug-likeness (QED) is 0.862. The van der Waals surface area contributed by atoms with Gasteiger partial charge in [0.05, 0.1) is 6.42 Å². The number of alkyl halides is 3. The molecule has 0 aliphatic heterocycles. The Balaban J connectivity index is 3.26. The summed E-state index contributed by atoms with van der Waals surface area (Å²) in [6.45, 7) is 0. The molecule has 0 aliphatic rings. The van der Waals surface area contributed by atoms with E-state index in [1.807, 2.05) is 0 Å². The molecule has 7 heteroatoms. The van der Waals surface area contributed by atoms with Crippen LogP contribution in [0.5, 0.6) is 0 Å². The molecule has 0 spiro atoms. The number of aliphatic carboxylic acids is 1. The van der Waals surface area contributed by atoms with Crippen molar-refractivity contribution >= 4 is 17.6 Å². The number of halogens is 4.